The maximum Gasteiger partial charge on any atom is 0.418 e. The number of methoxy groups -OCH3 is 1. The molecule has 12 nitrogen and oxygen atoms in total. The first-order valence-electron chi connectivity index (χ1n) is 20.5. The van der Waals surface area contributed by atoms with E-state index in [9.17, 15) is 32.3 Å². The van der Waals surface area contributed by atoms with E-state index in [1.807, 2.05) is 18.0 Å². The smallest absolute Gasteiger partial charge is 0.418 e. The Morgan fingerprint density at radius 3 is 2.53 bits per heavy atom. The number of alkyl halides is 3. The summed E-state index contributed by atoms with van der Waals surface area (Å²) >= 11 is 0. The monoisotopic (exact) mass is 833 g/mol. The number of halogens is 4. The van der Waals surface area contributed by atoms with Crippen molar-refractivity contribution < 1.29 is 36.7 Å². The lowest BCUT2D eigenvalue weighted by atomic mass is 9.91. The highest BCUT2D eigenvalue weighted by Gasteiger charge is 2.37. The van der Waals surface area contributed by atoms with Crippen LogP contribution in [0.4, 0.5) is 28.9 Å². The van der Waals surface area contributed by atoms with Crippen molar-refractivity contribution >= 4 is 45.4 Å². The zero-order chi connectivity index (χ0) is 42.7. The molecule has 5 heterocycles. The number of pyridine rings is 2. The molecule has 320 valence electrons. The van der Waals surface area contributed by atoms with Gasteiger partial charge in [-0.25, -0.2) is 4.39 Å². The summed E-state index contributed by atoms with van der Waals surface area (Å²) in [6.07, 6.45) is 7.90. The molecule has 16 heteroatoms. The number of aromatic nitrogens is 2. The number of hydrogen-bond acceptors (Lipinski definition) is 9. The number of anilines is 2. The molecular formula is C44H51F4N7O5. The number of hydrogen-bond donors (Lipinski definition) is 2. The fraction of sp³-hybridized carbons (Fsp3) is 0.477. The summed E-state index contributed by atoms with van der Waals surface area (Å²) in [6.45, 7) is 2.54. The van der Waals surface area contributed by atoms with Gasteiger partial charge in [0, 0.05) is 101 Å². The third-order valence-electron chi connectivity index (χ3n) is 12.3. The Kier molecular flexibility index (Phi) is 12.8. The maximum absolute atomic E-state index is 16.1. The average molecular weight is 834 g/mol. The predicted molar refractivity (Wildman–Crippen MR) is 220 cm³/mol. The number of rotatable bonds is 10. The van der Waals surface area contributed by atoms with Gasteiger partial charge < -0.3 is 24.4 Å². The Bertz CT molecular complexity index is 2300. The summed E-state index contributed by atoms with van der Waals surface area (Å²) in [7, 11) is 5.05. The first-order chi connectivity index (χ1) is 28.7. The van der Waals surface area contributed by atoms with E-state index in [0.717, 1.165) is 31.9 Å². The Hall–Kier alpha value is -5.51. The summed E-state index contributed by atoms with van der Waals surface area (Å²) < 4.78 is 66.2. The Labute approximate surface area is 345 Å². The van der Waals surface area contributed by atoms with Crippen LogP contribution in [0.3, 0.4) is 0 Å². The third-order valence-corrected chi connectivity index (χ3v) is 12.3. The SMILES string of the molecule is COC1=CC(c2cn(C)c(=O)c3cnccc23)=CC(F)=C(CN2CCCC(N(C)C(=O)CC3CCN(c4ccc(NC5CCC(=O)NC5=O)cc4C(F)(F)F)CC3)CC2)C1. The van der Waals surface area contributed by atoms with Gasteiger partial charge in [0.25, 0.3) is 5.56 Å². The van der Waals surface area contributed by atoms with Gasteiger partial charge in [-0.15, -0.1) is 0 Å². The minimum Gasteiger partial charge on any atom is -0.501 e. The first kappa shape index (κ1) is 42.6. The van der Waals surface area contributed by atoms with Crippen LogP contribution < -0.4 is 21.1 Å². The molecule has 7 rings (SSSR count). The van der Waals surface area contributed by atoms with Crippen LogP contribution in [0.5, 0.6) is 0 Å². The highest BCUT2D eigenvalue weighted by molar-refractivity contribution is 6.01. The molecule has 2 aromatic heterocycles. The Morgan fingerprint density at radius 2 is 1.80 bits per heavy atom. The fourth-order valence-corrected chi connectivity index (χ4v) is 8.85. The average Bonchev–Trinajstić information content (AvgIpc) is 3.56. The molecule has 1 aliphatic carbocycles. The van der Waals surface area contributed by atoms with Gasteiger partial charge in [-0.05, 0) is 104 Å². The van der Waals surface area contributed by atoms with Gasteiger partial charge in [-0.3, -0.25) is 34.4 Å². The van der Waals surface area contributed by atoms with Crippen LogP contribution in [0.15, 0.2) is 77.0 Å². The van der Waals surface area contributed by atoms with Crippen LogP contribution >= 0.6 is 0 Å². The van der Waals surface area contributed by atoms with Crippen LogP contribution in [0.2, 0.25) is 0 Å². The Morgan fingerprint density at radius 1 is 1.02 bits per heavy atom. The van der Waals surface area contributed by atoms with Gasteiger partial charge in [0.15, 0.2) is 0 Å². The van der Waals surface area contributed by atoms with E-state index >= 15 is 4.39 Å². The minimum atomic E-state index is -4.63. The number of piperidine rings is 2. The zero-order valence-electron chi connectivity index (χ0n) is 34.1. The number of amides is 3. The number of carbonyl (C=O) groups is 3. The molecule has 2 N–H and O–H groups in total. The second-order valence-corrected chi connectivity index (χ2v) is 16.3. The fourth-order valence-electron chi connectivity index (χ4n) is 8.85. The van der Waals surface area contributed by atoms with Crippen molar-refractivity contribution in [2.75, 3.05) is 57.1 Å². The number of aryl methyl sites for hydroxylation is 1. The van der Waals surface area contributed by atoms with Crippen LogP contribution in [-0.2, 0) is 32.3 Å². The van der Waals surface area contributed by atoms with Gasteiger partial charge >= 0.3 is 6.18 Å². The van der Waals surface area contributed by atoms with E-state index in [1.54, 1.807) is 37.5 Å². The summed E-state index contributed by atoms with van der Waals surface area (Å²) in [5.74, 6) is -0.676. The first-order valence-corrected chi connectivity index (χ1v) is 20.5. The molecule has 2 atom stereocenters. The third kappa shape index (κ3) is 9.59. The Balaban J connectivity index is 0.939. The topological polar surface area (TPSA) is 129 Å². The van der Waals surface area contributed by atoms with E-state index in [-0.39, 0.29) is 59.9 Å². The number of ether oxygens (including phenoxy) is 1. The number of carbonyl (C=O) groups excluding carboxylic acids is 3. The zero-order valence-corrected chi connectivity index (χ0v) is 34.1. The number of imide groups is 1. The molecular weight excluding hydrogens is 783 g/mol. The number of nitrogens with zero attached hydrogens (tertiary/aromatic N) is 5. The molecule has 3 aromatic rings. The molecule has 60 heavy (non-hydrogen) atoms. The highest BCUT2D eigenvalue weighted by Crippen LogP contribution is 2.40. The highest BCUT2D eigenvalue weighted by atomic mass is 19.4. The van der Waals surface area contributed by atoms with E-state index < -0.39 is 29.6 Å². The number of allylic oxidation sites excluding steroid dienone is 5. The maximum atomic E-state index is 16.1. The molecule has 0 saturated carbocycles. The van der Waals surface area contributed by atoms with Crippen molar-refractivity contribution in [2.24, 2.45) is 13.0 Å². The lowest BCUT2D eigenvalue weighted by Crippen LogP contribution is -2.47. The molecule has 0 radical (unpaired) electrons. The molecule has 3 amide bonds. The van der Waals surface area contributed by atoms with Crippen molar-refractivity contribution in [3.8, 4) is 0 Å². The molecule has 0 bridgehead atoms. The largest absolute Gasteiger partial charge is 0.501 e. The summed E-state index contributed by atoms with van der Waals surface area (Å²) in [4.78, 5) is 59.9. The molecule has 3 saturated heterocycles. The van der Waals surface area contributed by atoms with Gasteiger partial charge in [-0.1, -0.05) is 0 Å². The molecule has 3 aliphatic heterocycles. The van der Waals surface area contributed by atoms with Crippen LogP contribution in [0.1, 0.15) is 68.9 Å². The van der Waals surface area contributed by atoms with E-state index in [2.05, 4.69) is 20.5 Å². The van der Waals surface area contributed by atoms with Gasteiger partial charge in [0.2, 0.25) is 17.7 Å². The molecule has 4 aliphatic rings. The molecule has 0 spiro atoms. The predicted octanol–water partition coefficient (Wildman–Crippen LogP) is 6.33. The van der Waals surface area contributed by atoms with Crippen LogP contribution in [0.25, 0.3) is 16.3 Å². The minimum absolute atomic E-state index is 0.00520. The standard InChI is InChI=1S/C44H51F4N7O5/c1-52-26-35(33-10-14-49-24-34(33)43(52)59)28-20-32(60-3)21-29(37(45)22-28)25-54-15-4-5-31(13-16-54)53(2)41(57)19-27-11-17-55(18-12-27)39-8-6-30(23-36(39)44(46,47)48)50-38-7-9-40(56)51-42(38)58/h6,8,10,14,20,22-24,26-27,31,38,50H,4-5,7,9,11-13,15-19,21,25H2,1-3H3,(H,51,56,58). The van der Waals surface area contributed by atoms with Crippen molar-refractivity contribution in [1.29, 1.82) is 0 Å². The molecule has 1 aromatic carbocycles. The summed E-state index contributed by atoms with van der Waals surface area (Å²) in [5.41, 5.74) is 1.08. The number of likely N-dealkylation sites (tertiary alicyclic amines) is 1. The summed E-state index contributed by atoms with van der Waals surface area (Å²) in [6, 6.07) is 4.91. The lowest BCUT2D eigenvalue weighted by Gasteiger charge is -2.36. The van der Waals surface area contributed by atoms with Crippen molar-refractivity contribution in [3.05, 3.63) is 93.6 Å². The van der Waals surface area contributed by atoms with Crippen LogP contribution in [0, 0.1) is 5.92 Å². The number of fused-ring (bicyclic) bond motifs is 1. The van der Waals surface area contributed by atoms with Gasteiger partial charge in [0.05, 0.1) is 18.1 Å². The normalized spacial score (nSPS) is 21.2. The van der Waals surface area contributed by atoms with Crippen molar-refractivity contribution in [2.45, 2.75) is 76.0 Å². The second kappa shape index (κ2) is 18.0. The molecule has 3 fully saturated rings. The van der Waals surface area contributed by atoms with Crippen molar-refractivity contribution in [1.82, 2.24) is 24.7 Å². The van der Waals surface area contributed by atoms with Crippen LogP contribution in [-0.4, -0.2) is 96.0 Å². The second-order valence-electron chi connectivity index (χ2n) is 16.3. The number of benzene rings is 1. The lowest BCUT2D eigenvalue weighted by molar-refractivity contribution is -0.137. The van der Waals surface area contributed by atoms with Crippen molar-refractivity contribution in [3.63, 3.8) is 0 Å². The van der Waals surface area contributed by atoms with E-state index in [4.69, 9.17) is 4.74 Å². The number of nitrogens with one attached hydrogen (secondary N) is 2. The summed E-state index contributed by atoms with van der Waals surface area (Å²) in [5, 5.41) is 6.17. The van der Waals surface area contributed by atoms with Gasteiger partial charge in [0.1, 0.15) is 17.6 Å². The quantitative estimate of drug-likeness (QED) is 0.178. The van der Waals surface area contributed by atoms with Gasteiger partial charge in [-0.2, -0.15) is 13.2 Å². The van der Waals surface area contributed by atoms with E-state index in [0.29, 0.717) is 78.7 Å². The van der Waals surface area contributed by atoms with E-state index in [1.165, 1.54) is 29.0 Å². The molecule has 2 unspecified atom stereocenters.